The van der Waals surface area contributed by atoms with Crippen LogP contribution in [0, 0.1) is 0 Å². The van der Waals surface area contributed by atoms with Gasteiger partial charge in [0.05, 0.1) is 6.10 Å². The van der Waals surface area contributed by atoms with Crippen LogP contribution in [0.15, 0.2) is 0 Å². The van der Waals surface area contributed by atoms with Crippen LogP contribution in [0.1, 0.15) is 12.8 Å². The third kappa shape index (κ3) is 3.53. The SMILES string of the molecule is CN1CCCC(N(C)CC(O)CN)C1. The Labute approximate surface area is 86.7 Å². The van der Waals surface area contributed by atoms with Crippen LogP contribution in [0.3, 0.4) is 0 Å². The van der Waals surface area contributed by atoms with E-state index in [0.717, 1.165) is 6.54 Å². The Balaban J connectivity index is 2.31. The summed E-state index contributed by atoms with van der Waals surface area (Å²) in [7, 11) is 4.22. The molecule has 2 unspecified atom stereocenters. The second-order valence-corrected chi connectivity index (χ2v) is 4.39. The van der Waals surface area contributed by atoms with Crippen molar-refractivity contribution >= 4 is 0 Å². The van der Waals surface area contributed by atoms with Gasteiger partial charge < -0.3 is 15.7 Å². The lowest BCUT2D eigenvalue weighted by Crippen LogP contribution is -2.48. The fraction of sp³-hybridized carbons (Fsp3) is 1.00. The molecule has 0 aromatic rings. The number of hydrogen-bond donors (Lipinski definition) is 2. The summed E-state index contributed by atoms with van der Waals surface area (Å²) in [5.41, 5.74) is 5.39. The number of rotatable bonds is 4. The van der Waals surface area contributed by atoms with Crippen molar-refractivity contribution in [3.8, 4) is 0 Å². The average Bonchev–Trinajstić information content (AvgIpc) is 2.17. The van der Waals surface area contributed by atoms with Crippen LogP contribution < -0.4 is 5.73 Å². The number of aliphatic hydroxyl groups excluding tert-OH is 1. The summed E-state index contributed by atoms with van der Waals surface area (Å²) in [6, 6.07) is 0.579. The van der Waals surface area contributed by atoms with Crippen molar-refractivity contribution < 1.29 is 5.11 Å². The van der Waals surface area contributed by atoms with Crippen LogP contribution in [0.25, 0.3) is 0 Å². The Morgan fingerprint density at radius 2 is 2.36 bits per heavy atom. The van der Waals surface area contributed by atoms with Crippen molar-refractivity contribution in [1.82, 2.24) is 9.80 Å². The molecule has 4 heteroatoms. The van der Waals surface area contributed by atoms with E-state index in [-0.39, 0.29) is 6.10 Å². The summed E-state index contributed by atoms with van der Waals surface area (Å²) < 4.78 is 0. The molecular formula is C10H23N3O. The van der Waals surface area contributed by atoms with Crippen LogP contribution in [0.4, 0.5) is 0 Å². The molecule has 1 saturated heterocycles. The van der Waals surface area contributed by atoms with Crippen LogP contribution >= 0.6 is 0 Å². The highest BCUT2D eigenvalue weighted by atomic mass is 16.3. The zero-order valence-corrected chi connectivity index (χ0v) is 9.32. The van der Waals surface area contributed by atoms with Gasteiger partial charge in [0.2, 0.25) is 0 Å². The molecule has 0 radical (unpaired) electrons. The lowest BCUT2D eigenvalue weighted by atomic mass is 10.0. The van der Waals surface area contributed by atoms with Crippen molar-refractivity contribution in [2.75, 3.05) is 40.3 Å². The zero-order valence-electron chi connectivity index (χ0n) is 9.32. The topological polar surface area (TPSA) is 52.7 Å². The van der Waals surface area contributed by atoms with E-state index < -0.39 is 0 Å². The first kappa shape index (κ1) is 11.9. The smallest absolute Gasteiger partial charge is 0.0789 e. The van der Waals surface area contributed by atoms with Gasteiger partial charge in [0, 0.05) is 25.7 Å². The fourth-order valence-electron chi connectivity index (χ4n) is 2.05. The Hall–Kier alpha value is -0.160. The largest absolute Gasteiger partial charge is 0.390 e. The summed E-state index contributed by atoms with van der Waals surface area (Å²) in [5.74, 6) is 0. The zero-order chi connectivity index (χ0) is 10.6. The molecule has 14 heavy (non-hydrogen) atoms. The van der Waals surface area contributed by atoms with Gasteiger partial charge in [-0.05, 0) is 33.5 Å². The summed E-state index contributed by atoms with van der Waals surface area (Å²) in [6.07, 6.45) is 2.11. The Kier molecular flexibility index (Phi) is 4.81. The summed E-state index contributed by atoms with van der Waals surface area (Å²) >= 11 is 0. The minimum atomic E-state index is -0.382. The van der Waals surface area contributed by atoms with Crippen molar-refractivity contribution in [3.63, 3.8) is 0 Å². The predicted molar refractivity (Wildman–Crippen MR) is 58.2 cm³/mol. The van der Waals surface area contributed by atoms with Gasteiger partial charge in [0.25, 0.3) is 0 Å². The van der Waals surface area contributed by atoms with Crippen molar-refractivity contribution in [2.24, 2.45) is 5.73 Å². The molecule has 1 aliphatic rings. The number of hydrogen-bond acceptors (Lipinski definition) is 4. The Morgan fingerprint density at radius 1 is 1.64 bits per heavy atom. The molecule has 0 aromatic heterocycles. The molecule has 1 fully saturated rings. The molecule has 0 bridgehead atoms. The van der Waals surface area contributed by atoms with E-state index in [1.807, 2.05) is 0 Å². The lowest BCUT2D eigenvalue weighted by molar-refractivity contribution is 0.0782. The number of likely N-dealkylation sites (N-methyl/N-ethyl adjacent to an activating group) is 2. The summed E-state index contributed by atoms with van der Waals surface area (Å²) in [4.78, 5) is 4.58. The number of likely N-dealkylation sites (tertiary alicyclic amines) is 1. The molecule has 2 atom stereocenters. The van der Waals surface area contributed by atoms with E-state index in [1.165, 1.54) is 19.4 Å². The van der Waals surface area contributed by atoms with Crippen LogP contribution in [0.2, 0.25) is 0 Å². The van der Waals surface area contributed by atoms with Gasteiger partial charge in [-0.15, -0.1) is 0 Å². The minimum Gasteiger partial charge on any atom is -0.390 e. The monoisotopic (exact) mass is 201 g/mol. The maximum Gasteiger partial charge on any atom is 0.0789 e. The standard InChI is InChI=1S/C10H23N3O/c1-12-5-3-4-9(7-12)13(2)8-10(14)6-11/h9-10,14H,3-8,11H2,1-2H3. The Morgan fingerprint density at radius 3 is 2.93 bits per heavy atom. The maximum atomic E-state index is 9.44. The van der Waals surface area contributed by atoms with Gasteiger partial charge in [-0.1, -0.05) is 0 Å². The number of nitrogens with zero attached hydrogens (tertiary/aromatic N) is 2. The number of nitrogens with two attached hydrogens (primary N) is 1. The molecule has 0 saturated carbocycles. The molecule has 0 amide bonds. The van der Waals surface area contributed by atoms with Gasteiger partial charge in [-0.3, -0.25) is 4.90 Å². The summed E-state index contributed by atoms with van der Waals surface area (Å²) in [5, 5.41) is 9.44. The van der Waals surface area contributed by atoms with E-state index in [2.05, 4.69) is 23.9 Å². The number of piperidine rings is 1. The second kappa shape index (κ2) is 5.66. The maximum absolute atomic E-state index is 9.44. The van der Waals surface area contributed by atoms with Gasteiger partial charge in [-0.2, -0.15) is 0 Å². The van der Waals surface area contributed by atoms with E-state index in [4.69, 9.17) is 5.73 Å². The van der Waals surface area contributed by atoms with E-state index >= 15 is 0 Å². The Bertz CT molecular complexity index is 165. The van der Waals surface area contributed by atoms with Gasteiger partial charge >= 0.3 is 0 Å². The first-order chi connectivity index (χ1) is 6.63. The normalized spacial score (nSPS) is 26.8. The highest BCUT2D eigenvalue weighted by Gasteiger charge is 2.21. The van der Waals surface area contributed by atoms with E-state index in [9.17, 15) is 5.11 Å². The fourth-order valence-corrected chi connectivity index (χ4v) is 2.05. The average molecular weight is 201 g/mol. The quantitative estimate of drug-likeness (QED) is 0.633. The first-order valence-electron chi connectivity index (χ1n) is 5.40. The molecule has 1 rings (SSSR count). The first-order valence-corrected chi connectivity index (χ1v) is 5.40. The number of aliphatic hydroxyl groups is 1. The molecule has 1 heterocycles. The molecular weight excluding hydrogens is 178 g/mol. The van der Waals surface area contributed by atoms with Crippen LogP contribution in [-0.4, -0.2) is 67.3 Å². The van der Waals surface area contributed by atoms with E-state index in [1.54, 1.807) is 0 Å². The third-order valence-electron chi connectivity index (χ3n) is 2.99. The predicted octanol–water partition coefficient (Wildman–Crippen LogP) is -0.668. The lowest BCUT2D eigenvalue weighted by Gasteiger charge is -2.36. The molecule has 0 aliphatic carbocycles. The van der Waals surface area contributed by atoms with Crippen molar-refractivity contribution in [3.05, 3.63) is 0 Å². The minimum absolute atomic E-state index is 0.354. The molecule has 0 spiro atoms. The van der Waals surface area contributed by atoms with Gasteiger partial charge in [0.15, 0.2) is 0 Å². The van der Waals surface area contributed by atoms with Crippen molar-refractivity contribution in [2.45, 2.75) is 25.0 Å². The highest BCUT2D eigenvalue weighted by molar-refractivity contribution is 4.78. The summed E-state index contributed by atoms with van der Waals surface area (Å²) in [6.45, 7) is 3.35. The molecule has 1 aliphatic heterocycles. The third-order valence-corrected chi connectivity index (χ3v) is 2.99. The molecule has 3 N–H and O–H groups in total. The highest BCUT2D eigenvalue weighted by Crippen LogP contribution is 2.13. The molecule has 84 valence electrons. The molecule has 0 aromatic carbocycles. The molecule has 4 nitrogen and oxygen atoms in total. The van der Waals surface area contributed by atoms with E-state index in [0.29, 0.717) is 19.1 Å². The van der Waals surface area contributed by atoms with Crippen LogP contribution in [-0.2, 0) is 0 Å². The van der Waals surface area contributed by atoms with Gasteiger partial charge in [-0.25, -0.2) is 0 Å². The van der Waals surface area contributed by atoms with Gasteiger partial charge in [0.1, 0.15) is 0 Å². The second-order valence-electron chi connectivity index (χ2n) is 4.39. The van der Waals surface area contributed by atoms with Crippen molar-refractivity contribution in [1.29, 1.82) is 0 Å². The van der Waals surface area contributed by atoms with Crippen LogP contribution in [0.5, 0.6) is 0 Å².